The second-order valence-corrected chi connectivity index (χ2v) is 4.72. The molecule has 0 unspecified atom stereocenters. The molecule has 1 heterocycles. The number of halogens is 1. The zero-order chi connectivity index (χ0) is 16.2. The number of amides is 3. The number of para-hydroxylation sites is 2. The van der Waals surface area contributed by atoms with Gasteiger partial charge in [-0.05, 0) is 24.3 Å². The van der Waals surface area contributed by atoms with E-state index in [0.717, 1.165) is 0 Å². The molecule has 0 fully saturated rings. The number of hydrogen-bond donors (Lipinski definition) is 2. The molecule has 116 valence electrons. The topological polar surface area (TPSA) is 88.9 Å². The summed E-state index contributed by atoms with van der Waals surface area (Å²) in [4.78, 5) is 23.6. The molecule has 0 aliphatic rings. The molecule has 2 N–H and O–H groups in total. The Balaban J connectivity index is 1.63. The van der Waals surface area contributed by atoms with Gasteiger partial charge < -0.3 is 5.32 Å². The lowest BCUT2D eigenvalue weighted by Crippen LogP contribution is -2.37. The van der Waals surface area contributed by atoms with Crippen LogP contribution in [0.5, 0.6) is 0 Å². The van der Waals surface area contributed by atoms with Gasteiger partial charge in [-0.15, -0.1) is 5.10 Å². The molecule has 7 nitrogen and oxygen atoms in total. The Kier molecular flexibility index (Phi) is 3.96. The lowest BCUT2D eigenvalue weighted by molar-refractivity contribution is -0.120. The van der Waals surface area contributed by atoms with Gasteiger partial charge in [-0.3, -0.25) is 10.1 Å². The molecular weight excluding hydrogens is 301 g/mol. The summed E-state index contributed by atoms with van der Waals surface area (Å²) in [7, 11) is 0. The van der Waals surface area contributed by atoms with E-state index in [1.54, 1.807) is 24.3 Å². The van der Waals surface area contributed by atoms with E-state index >= 15 is 0 Å². The third-order valence-corrected chi connectivity index (χ3v) is 3.09. The number of anilines is 1. The van der Waals surface area contributed by atoms with Crippen LogP contribution in [0.1, 0.15) is 0 Å². The van der Waals surface area contributed by atoms with Gasteiger partial charge in [-0.2, -0.15) is 0 Å². The normalized spacial score (nSPS) is 10.5. The summed E-state index contributed by atoms with van der Waals surface area (Å²) in [5.74, 6) is -1.17. The van der Waals surface area contributed by atoms with Crippen LogP contribution >= 0.6 is 0 Å². The lowest BCUT2D eigenvalue weighted by atomic mass is 10.3. The molecule has 3 aromatic rings. The number of rotatable bonds is 3. The Labute approximate surface area is 130 Å². The van der Waals surface area contributed by atoms with Crippen LogP contribution < -0.4 is 10.6 Å². The Morgan fingerprint density at radius 3 is 2.65 bits per heavy atom. The largest absolute Gasteiger partial charge is 0.326 e. The molecule has 23 heavy (non-hydrogen) atoms. The van der Waals surface area contributed by atoms with Crippen molar-refractivity contribution in [2.75, 3.05) is 5.32 Å². The number of aromatic nitrogens is 3. The number of benzene rings is 2. The van der Waals surface area contributed by atoms with Gasteiger partial charge in [0.15, 0.2) is 0 Å². The molecule has 0 saturated carbocycles. The maximum Gasteiger partial charge on any atom is 0.326 e. The van der Waals surface area contributed by atoms with Crippen LogP contribution in [0, 0.1) is 5.82 Å². The van der Waals surface area contributed by atoms with Crippen molar-refractivity contribution < 1.29 is 14.0 Å². The highest BCUT2D eigenvalue weighted by Gasteiger charge is 2.12. The smallest absolute Gasteiger partial charge is 0.305 e. The Morgan fingerprint density at radius 2 is 1.83 bits per heavy atom. The van der Waals surface area contributed by atoms with Gasteiger partial charge in [-0.25, -0.2) is 13.9 Å². The quantitative estimate of drug-likeness (QED) is 0.773. The molecule has 0 saturated heterocycles. The van der Waals surface area contributed by atoms with E-state index in [1.807, 2.05) is 6.07 Å². The van der Waals surface area contributed by atoms with Gasteiger partial charge in [0.05, 0.1) is 11.2 Å². The fraction of sp³-hybridized carbons (Fsp3) is 0.0667. The summed E-state index contributed by atoms with van der Waals surface area (Å²) in [6.45, 7) is -0.175. The molecular formula is C15H12FN5O2. The maximum absolute atomic E-state index is 13.4. The molecule has 0 spiro atoms. The average Bonchev–Trinajstić information content (AvgIpc) is 2.93. The minimum absolute atomic E-state index is 0.0102. The number of carbonyl (C=O) groups is 2. The van der Waals surface area contributed by atoms with Crippen molar-refractivity contribution >= 4 is 28.7 Å². The first-order valence-corrected chi connectivity index (χ1v) is 6.77. The van der Waals surface area contributed by atoms with Gasteiger partial charge >= 0.3 is 6.03 Å². The van der Waals surface area contributed by atoms with E-state index < -0.39 is 17.8 Å². The van der Waals surface area contributed by atoms with Gasteiger partial charge in [0.25, 0.3) is 0 Å². The summed E-state index contributed by atoms with van der Waals surface area (Å²) in [5.41, 5.74) is 1.32. The van der Waals surface area contributed by atoms with Gasteiger partial charge in [0.2, 0.25) is 5.91 Å². The molecule has 8 heteroatoms. The molecule has 3 amide bonds. The summed E-state index contributed by atoms with van der Waals surface area (Å²) < 4.78 is 14.8. The Morgan fingerprint density at radius 1 is 1.09 bits per heavy atom. The lowest BCUT2D eigenvalue weighted by Gasteiger charge is -2.07. The van der Waals surface area contributed by atoms with E-state index in [0.29, 0.717) is 11.0 Å². The second-order valence-electron chi connectivity index (χ2n) is 4.72. The third-order valence-electron chi connectivity index (χ3n) is 3.09. The van der Waals surface area contributed by atoms with E-state index in [1.165, 1.54) is 22.9 Å². The van der Waals surface area contributed by atoms with E-state index in [9.17, 15) is 14.0 Å². The summed E-state index contributed by atoms with van der Waals surface area (Å²) in [5, 5.41) is 12.1. The van der Waals surface area contributed by atoms with Crippen LogP contribution in [0.25, 0.3) is 11.0 Å². The van der Waals surface area contributed by atoms with Crippen LogP contribution in [-0.4, -0.2) is 26.9 Å². The zero-order valence-electron chi connectivity index (χ0n) is 11.9. The van der Waals surface area contributed by atoms with Crippen molar-refractivity contribution in [3.05, 3.63) is 54.3 Å². The molecule has 0 radical (unpaired) electrons. The first-order chi connectivity index (χ1) is 11.1. The number of hydrogen-bond acceptors (Lipinski definition) is 4. The first-order valence-electron chi connectivity index (χ1n) is 6.77. The van der Waals surface area contributed by atoms with Crippen molar-refractivity contribution in [2.45, 2.75) is 6.54 Å². The maximum atomic E-state index is 13.4. The van der Waals surface area contributed by atoms with Crippen LogP contribution in [0.3, 0.4) is 0 Å². The minimum atomic E-state index is -0.815. The number of nitrogens with one attached hydrogen (secondary N) is 2. The molecule has 0 atom stereocenters. The van der Waals surface area contributed by atoms with Crippen molar-refractivity contribution in [1.29, 1.82) is 0 Å². The molecule has 3 rings (SSSR count). The molecule has 1 aromatic heterocycles. The van der Waals surface area contributed by atoms with E-state index in [2.05, 4.69) is 20.9 Å². The standard InChI is InChI=1S/C15H12FN5O2/c16-10-5-1-2-6-11(10)17-15(23)18-14(22)9-21-13-8-4-3-7-12(13)19-20-21/h1-8H,9H2,(H2,17,18,22,23). The first kappa shape index (κ1) is 14.6. The highest BCUT2D eigenvalue weighted by Crippen LogP contribution is 2.12. The minimum Gasteiger partial charge on any atom is -0.305 e. The summed E-state index contributed by atoms with van der Waals surface area (Å²) >= 11 is 0. The third kappa shape index (κ3) is 3.31. The van der Waals surface area contributed by atoms with E-state index in [-0.39, 0.29) is 12.2 Å². The Bertz CT molecular complexity index is 877. The number of fused-ring (bicyclic) bond motifs is 1. The predicted octanol–water partition coefficient (Wildman–Crippen LogP) is 1.92. The SMILES string of the molecule is O=C(Cn1nnc2ccccc21)NC(=O)Nc1ccccc1F. The summed E-state index contributed by atoms with van der Waals surface area (Å²) in [6, 6.07) is 12.0. The predicted molar refractivity (Wildman–Crippen MR) is 81.1 cm³/mol. The fourth-order valence-electron chi connectivity index (χ4n) is 2.05. The summed E-state index contributed by atoms with van der Waals surface area (Å²) in [6.07, 6.45) is 0. The van der Waals surface area contributed by atoms with Gasteiger partial charge in [0.1, 0.15) is 17.9 Å². The Hall–Kier alpha value is -3.29. The number of nitrogens with zero attached hydrogens (tertiary/aromatic N) is 3. The van der Waals surface area contributed by atoms with Crippen molar-refractivity contribution in [2.24, 2.45) is 0 Å². The molecule has 0 bridgehead atoms. The fourth-order valence-corrected chi connectivity index (χ4v) is 2.05. The van der Waals surface area contributed by atoms with Crippen molar-refractivity contribution in [3.63, 3.8) is 0 Å². The monoisotopic (exact) mass is 313 g/mol. The van der Waals surface area contributed by atoms with Gasteiger partial charge in [0, 0.05) is 0 Å². The number of urea groups is 1. The number of carbonyl (C=O) groups excluding carboxylic acids is 2. The molecule has 0 aliphatic carbocycles. The zero-order valence-corrected chi connectivity index (χ0v) is 11.9. The molecule has 2 aromatic carbocycles. The number of imide groups is 1. The molecule has 0 aliphatic heterocycles. The van der Waals surface area contributed by atoms with E-state index in [4.69, 9.17) is 0 Å². The van der Waals surface area contributed by atoms with Crippen LogP contribution in [0.4, 0.5) is 14.9 Å². The second kappa shape index (κ2) is 6.22. The highest BCUT2D eigenvalue weighted by atomic mass is 19.1. The average molecular weight is 313 g/mol. The van der Waals surface area contributed by atoms with Crippen molar-refractivity contribution in [1.82, 2.24) is 20.3 Å². The van der Waals surface area contributed by atoms with Crippen LogP contribution in [0.15, 0.2) is 48.5 Å². The van der Waals surface area contributed by atoms with Crippen LogP contribution in [0.2, 0.25) is 0 Å². The van der Waals surface area contributed by atoms with Crippen LogP contribution in [-0.2, 0) is 11.3 Å². The van der Waals surface area contributed by atoms with Crippen molar-refractivity contribution in [3.8, 4) is 0 Å². The van der Waals surface area contributed by atoms with Gasteiger partial charge in [-0.1, -0.05) is 29.5 Å². The highest BCUT2D eigenvalue weighted by molar-refractivity contribution is 6.01.